The van der Waals surface area contributed by atoms with Gasteiger partial charge in [0, 0.05) is 35.9 Å². The molecule has 0 saturated heterocycles. The lowest BCUT2D eigenvalue weighted by Gasteiger charge is -2.18. The third kappa shape index (κ3) is 3.69. The minimum absolute atomic E-state index is 0.0152. The first-order valence-corrected chi connectivity index (χ1v) is 10.3. The third-order valence-electron chi connectivity index (χ3n) is 4.49. The zero-order valence-electron chi connectivity index (χ0n) is 15.6. The third-order valence-corrected chi connectivity index (χ3v) is 6.55. The van der Waals surface area contributed by atoms with Crippen molar-refractivity contribution in [2.24, 2.45) is 0 Å². The first kappa shape index (κ1) is 19.8. The lowest BCUT2D eigenvalue weighted by molar-refractivity contribution is 0.102. The molecule has 8 heteroatoms. The van der Waals surface area contributed by atoms with Gasteiger partial charge in [-0.05, 0) is 36.4 Å². The van der Waals surface area contributed by atoms with Crippen LogP contribution in [-0.4, -0.2) is 36.7 Å². The molecule has 0 atom stereocenters. The summed E-state index contributed by atoms with van der Waals surface area (Å²) >= 11 is 0. The molecule has 3 aromatic rings. The highest BCUT2D eigenvalue weighted by molar-refractivity contribution is 7.89. The average Bonchev–Trinajstić information content (AvgIpc) is 2.69. The van der Waals surface area contributed by atoms with E-state index in [-0.39, 0.29) is 15.9 Å². The lowest BCUT2D eigenvalue weighted by Crippen LogP contribution is -2.30. The number of anilines is 1. The van der Waals surface area contributed by atoms with Gasteiger partial charge in [-0.3, -0.25) is 9.59 Å². The number of H-pyrrole nitrogens is 1. The Hall–Kier alpha value is -2.97. The van der Waals surface area contributed by atoms with E-state index in [1.807, 2.05) is 0 Å². The molecule has 1 amide bonds. The van der Waals surface area contributed by atoms with E-state index in [9.17, 15) is 18.0 Å². The Morgan fingerprint density at radius 1 is 1.04 bits per heavy atom. The number of carbonyl (C=O) groups is 1. The van der Waals surface area contributed by atoms with E-state index in [1.54, 1.807) is 38.1 Å². The monoisotopic (exact) mass is 399 g/mol. The van der Waals surface area contributed by atoms with E-state index in [4.69, 9.17) is 0 Å². The van der Waals surface area contributed by atoms with Gasteiger partial charge in [-0.1, -0.05) is 26.0 Å². The van der Waals surface area contributed by atoms with Gasteiger partial charge in [0.25, 0.3) is 5.91 Å². The highest BCUT2D eigenvalue weighted by atomic mass is 32.2. The molecule has 3 rings (SSSR count). The van der Waals surface area contributed by atoms with Crippen LogP contribution in [0.5, 0.6) is 0 Å². The summed E-state index contributed by atoms with van der Waals surface area (Å²) in [6.45, 7) is 4.30. The Bertz CT molecular complexity index is 1160. The lowest BCUT2D eigenvalue weighted by atomic mass is 10.1. The van der Waals surface area contributed by atoms with Crippen molar-refractivity contribution in [1.29, 1.82) is 0 Å². The highest BCUT2D eigenvalue weighted by Crippen LogP contribution is 2.18. The van der Waals surface area contributed by atoms with Crippen LogP contribution in [-0.2, 0) is 10.0 Å². The summed E-state index contributed by atoms with van der Waals surface area (Å²) in [6, 6.07) is 12.8. The van der Waals surface area contributed by atoms with Gasteiger partial charge >= 0.3 is 0 Å². The molecule has 2 N–H and O–H groups in total. The molecule has 0 bridgehead atoms. The Morgan fingerprint density at radius 2 is 1.68 bits per heavy atom. The second-order valence-corrected chi connectivity index (χ2v) is 8.08. The number of rotatable bonds is 6. The Labute approximate surface area is 163 Å². The maximum Gasteiger partial charge on any atom is 0.261 e. The van der Waals surface area contributed by atoms with Gasteiger partial charge in [0.2, 0.25) is 15.5 Å². The summed E-state index contributed by atoms with van der Waals surface area (Å²) in [4.78, 5) is 28.1. The molecule has 0 aliphatic rings. The van der Waals surface area contributed by atoms with Gasteiger partial charge in [0.1, 0.15) is 5.56 Å². The highest BCUT2D eigenvalue weighted by Gasteiger charge is 2.21. The molecule has 1 aromatic heterocycles. The fraction of sp³-hybridized carbons (Fsp3) is 0.200. The topological polar surface area (TPSA) is 99.3 Å². The molecule has 2 aromatic carbocycles. The van der Waals surface area contributed by atoms with E-state index in [1.165, 1.54) is 34.8 Å². The minimum atomic E-state index is -3.56. The molecule has 28 heavy (non-hydrogen) atoms. The largest absolute Gasteiger partial charge is 0.360 e. The number of nitrogens with zero attached hydrogens (tertiary/aromatic N) is 1. The van der Waals surface area contributed by atoms with Crippen LogP contribution >= 0.6 is 0 Å². The molecule has 0 aliphatic heterocycles. The van der Waals surface area contributed by atoms with E-state index in [0.717, 1.165) is 0 Å². The number of nitrogens with one attached hydrogen (secondary N) is 2. The number of amides is 1. The van der Waals surface area contributed by atoms with Crippen LogP contribution in [0.2, 0.25) is 0 Å². The molecule has 0 radical (unpaired) electrons. The number of sulfonamides is 1. The van der Waals surface area contributed by atoms with E-state index >= 15 is 0 Å². The van der Waals surface area contributed by atoms with Gasteiger partial charge in [-0.25, -0.2) is 8.42 Å². The van der Waals surface area contributed by atoms with E-state index in [0.29, 0.717) is 29.7 Å². The van der Waals surface area contributed by atoms with Crippen LogP contribution in [0.25, 0.3) is 10.9 Å². The van der Waals surface area contributed by atoms with Gasteiger partial charge in [0.15, 0.2) is 0 Å². The molecular weight excluding hydrogens is 378 g/mol. The molecule has 1 heterocycles. The second kappa shape index (κ2) is 7.95. The van der Waals surface area contributed by atoms with Crippen molar-refractivity contribution in [3.05, 3.63) is 70.5 Å². The van der Waals surface area contributed by atoms with Crippen molar-refractivity contribution in [1.82, 2.24) is 9.29 Å². The first-order valence-electron chi connectivity index (χ1n) is 8.90. The van der Waals surface area contributed by atoms with Crippen LogP contribution < -0.4 is 10.7 Å². The number of para-hydroxylation sites is 1. The summed E-state index contributed by atoms with van der Waals surface area (Å²) < 4.78 is 26.4. The van der Waals surface area contributed by atoms with Crippen molar-refractivity contribution in [2.45, 2.75) is 18.7 Å². The minimum Gasteiger partial charge on any atom is -0.360 e. The van der Waals surface area contributed by atoms with Crippen LogP contribution in [0.4, 0.5) is 5.69 Å². The normalized spacial score (nSPS) is 11.7. The predicted octanol–water partition coefficient (Wildman–Crippen LogP) is 2.81. The molecule has 0 fully saturated rings. The zero-order valence-corrected chi connectivity index (χ0v) is 16.4. The zero-order chi connectivity index (χ0) is 20.3. The Morgan fingerprint density at radius 3 is 2.32 bits per heavy atom. The van der Waals surface area contributed by atoms with Gasteiger partial charge in [0.05, 0.1) is 4.90 Å². The smallest absolute Gasteiger partial charge is 0.261 e. The SMILES string of the molecule is CCN(CC)S(=O)(=O)c1ccc(NC(=O)c2c[nH]c3ccccc3c2=O)cc1. The van der Waals surface area contributed by atoms with Crippen LogP contribution in [0.15, 0.2) is 64.4 Å². The summed E-state index contributed by atoms with van der Waals surface area (Å²) in [7, 11) is -3.56. The van der Waals surface area contributed by atoms with Gasteiger partial charge in [-0.15, -0.1) is 0 Å². The fourth-order valence-corrected chi connectivity index (χ4v) is 4.42. The van der Waals surface area contributed by atoms with Crippen molar-refractivity contribution >= 4 is 32.5 Å². The number of hydrogen-bond donors (Lipinski definition) is 2. The number of hydrogen-bond acceptors (Lipinski definition) is 4. The number of fused-ring (bicyclic) bond motifs is 1. The number of aromatic amines is 1. The molecular formula is C20H21N3O4S. The van der Waals surface area contributed by atoms with Crippen molar-refractivity contribution in [2.75, 3.05) is 18.4 Å². The second-order valence-electron chi connectivity index (χ2n) is 6.14. The van der Waals surface area contributed by atoms with Crippen LogP contribution in [0, 0.1) is 0 Å². The molecule has 0 aliphatic carbocycles. The first-order chi connectivity index (χ1) is 13.4. The van der Waals surface area contributed by atoms with Crippen molar-refractivity contribution in [3.63, 3.8) is 0 Å². The van der Waals surface area contributed by atoms with Crippen molar-refractivity contribution in [3.8, 4) is 0 Å². The Balaban J connectivity index is 1.84. The van der Waals surface area contributed by atoms with Crippen molar-refractivity contribution < 1.29 is 13.2 Å². The summed E-state index contributed by atoms with van der Waals surface area (Å²) in [5.41, 5.74) is 0.664. The average molecular weight is 399 g/mol. The van der Waals surface area contributed by atoms with Gasteiger partial charge < -0.3 is 10.3 Å². The van der Waals surface area contributed by atoms with E-state index < -0.39 is 15.9 Å². The molecule has 0 spiro atoms. The molecule has 0 unspecified atom stereocenters. The molecule has 146 valence electrons. The number of carbonyl (C=O) groups excluding carboxylic acids is 1. The standard InChI is InChI=1S/C20H21N3O4S/c1-3-23(4-2)28(26,27)15-11-9-14(10-12-15)22-20(25)17-13-21-18-8-6-5-7-16(18)19(17)24/h5-13H,3-4H2,1-2H3,(H,21,24)(H,22,25). The quantitative estimate of drug-likeness (QED) is 0.666. The van der Waals surface area contributed by atoms with E-state index in [2.05, 4.69) is 10.3 Å². The summed E-state index contributed by atoms with van der Waals surface area (Å²) in [5, 5.41) is 3.06. The number of pyridine rings is 1. The van der Waals surface area contributed by atoms with Crippen LogP contribution in [0.1, 0.15) is 24.2 Å². The maximum absolute atomic E-state index is 12.5. The predicted molar refractivity (Wildman–Crippen MR) is 109 cm³/mol. The molecule has 0 saturated carbocycles. The fourth-order valence-electron chi connectivity index (χ4n) is 2.96. The summed E-state index contributed by atoms with van der Waals surface area (Å²) in [6.07, 6.45) is 1.37. The van der Waals surface area contributed by atoms with Crippen LogP contribution in [0.3, 0.4) is 0 Å². The molecule has 7 nitrogen and oxygen atoms in total. The van der Waals surface area contributed by atoms with Gasteiger partial charge in [-0.2, -0.15) is 4.31 Å². The number of benzene rings is 2. The number of aromatic nitrogens is 1. The maximum atomic E-state index is 12.5. The summed E-state index contributed by atoms with van der Waals surface area (Å²) in [5.74, 6) is -0.564. The Kier molecular flexibility index (Phi) is 5.62.